The minimum atomic E-state index is 0. The molecule has 2 N–H and O–H groups in total. The van der Waals surface area contributed by atoms with Gasteiger partial charge >= 0.3 is 0 Å². The van der Waals surface area contributed by atoms with E-state index in [2.05, 4.69) is 74.6 Å². The SMILES string of the molecule is CCC(CC)(CNC(=NC)NCCc1nnc2n1CCCCC2)c1ccccc1.I. The van der Waals surface area contributed by atoms with Crippen LogP contribution in [0.25, 0.3) is 0 Å². The number of guanidine groups is 1. The van der Waals surface area contributed by atoms with Crippen molar-refractivity contribution in [2.45, 2.75) is 70.8 Å². The van der Waals surface area contributed by atoms with Gasteiger partial charge in [-0.2, -0.15) is 0 Å². The minimum Gasteiger partial charge on any atom is -0.356 e. The van der Waals surface area contributed by atoms with Crippen LogP contribution in [0.15, 0.2) is 35.3 Å². The van der Waals surface area contributed by atoms with Crippen LogP contribution < -0.4 is 10.6 Å². The van der Waals surface area contributed by atoms with Gasteiger partial charge in [0.2, 0.25) is 0 Å². The van der Waals surface area contributed by atoms with Crippen molar-refractivity contribution in [2.75, 3.05) is 20.1 Å². The number of benzene rings is 1. The van der Waals surface area contributed by atoms with Gasteiger partial charge in [-0.05, 0) is 31.2 Å². The number of aliphatic imine (C=N–C) groups is 1. The second-order valence-corrected chi connectivity index (χ2v) is 7.95. The highest BCUT2D eigenvalue weighted by molar-refractivity contribution is 14.0. The van der Waals surface area contributed by atoms with Gasteiger partial charge in [-0.1, -0.05) is 50.6 Å². The van der Waals surface area contributed by atoms with Crippen LogP contribution >= 0.6 is 24.0 Å². The maximum atomic E-state index is 4.43. The monoisotopic (exact) mass is 524 g/mol. The molecule has 0 saturated carbocycles. The Morgan fingerprint density at radius 3 is 2.53 bits per heavy atom. The van der Waals surface area contributed by atoms with Crippen molar-refractivity contribution in [1.29, 1.82) is 0 Å². The molecule has 0 aliphatic carbocycles. The number of fused-ring (bicyclic) bond motifs is 1. The summed E-state index contributed by atoms with van der Waals surface area (Å²) in [6.07, 6.45) is 7.83. The van der Waals surface area contributed by atoms with Crippen LogP contribution in [0.5, 0.6) is 0 Å². The number of hydrogen-bond acceptors (Lipinski definition) is 3. The highest BCUT2D eigenvalue weighted by Gasteiger charge is 2.28. The molecule has 1 aromatic heterocycles. The molecular weight excluding hydrogens is 487 g/mol. The molecule has 166 valence electrons. The van der Waals surface area contributed by atoms with E-state index in [-0.39, 0.29) is 29.4 Å². The maximum absolute atomic E-state index is 4.43. The van der Waals surface area contributed by atoms with Crippen LogP contribution in [0, 0.1) is 0 Å². The molecule has 3 rings (SSSR count). The van der Waals surface area contributed by atoms with Crippen LogP contribution in [0.1, 0.15) is 63.2 Å². The molecule has 0 unspecified atom stereocenters. The molecule has 0 saturated heterocycles. The number of nitrogens with one attached hydrogen (secondary N) is 2. The summed E-state index contributed by atoms with van der Waals surface area (Å²) in [5.74, 6) is 3.09. The van der Waals surface area contributed by atoms with E-state index in [1.54, 1.807) is 0 Å². The molecule has 2 aromatic rings. The number of nitrogens with zero attached hydrogens (tertiary/aromatic N) is 4. The lowest BCUT2D eigenvalue weighted by Crippen LogP contribution is -2.45. The molecular formula is C23H37IN6. The van der Waals surface area contributed by atoms with Crippen LogP contribution in [-0.4, -0.2) is 40.9 Å². The lowest BCUT2D eigenvalue weighted by Gasteiger charge is -2.33. The molecule has 7 heteroatoms. The zero-order valence-electron chi connectivity index (χ0n) is 18.7. The quantitative estimate of drug-likeness (QED) is 0.310. The standard InChI is InChI=1S/C23H36N6.HI/c1-4-23(5-2,19-12-8-6-9-13-19)18-26-22(24-3)25-16-15-21-28-27-20-14-10-7-11-17-29(20)21;/h6,8-9,12-13H,4-5,7,10-11,14-18H2,1-3H3,(H2,24,25,26);1H. The van der Waals surface area contributed by atoms with E-state index in [0.717, 1.165) is 62.9 Å². The fourth-order valence-electron chi connectivity index (χ4n) is 4.30. The third-order valence-corrected chi connectivity index (χ3v) is 6.38. The lowest BCUT2D eigenvalue weighted by molar-refractivity contribution is 0.389. The summed E-state index contributed by atoms with van der Waals surface area (Å²) in [5, 5.41) is 15.8. The Balaban J connectivity index is 0.00000320. The molecule has 0 bridgehead atoms. The summed E-state index contributed by atoms with van der Waals surface area (Å²) in [6, 6.07) is 10.8. The molecule has 0 atom stereocenters. The molecule has 30 heavy (non-hydrogen) atoms. The topological polar surface area (TPSA) is 67.1 Å². The molecule has 0 spiro atoms. The van der Waals surface area contributed by atoms with Gasteiger partial charge in [-0.15, -0.1) is 34.2 Å². The maximum Gasteiger partial charge on any atom is 0.191 e. The van der Waals surface area contributed by atoms with Gasteiger partial charge in [0, 0.05) is 44.9 Å². The first-order valence-electron chi connectivity index (χ1n) is 11.1. The summed E-state index contributed by atoms with van der Waals surface area (Å²) in [6.45, 7) is 7.26. The molecule has 1 aliphatic heterocycles. The Labute approximate surface area is 198 Å². The van der Waals surface area contributed by atoms with Gasteiger partial charge in [-0.3, -0.25) is 4.99 Å². The Hall–Kier alpha value is -1.64. The first-order chi connectivity index (χ1) is 14.2. The predicted molar refractivity (Wildman–Crippen MR) is 135 cm³/mol. The van der Waals surface area contributed by atoms with Crippen molar-refractivity contribution in [1.82, 2.24) is 25.4 Å². The normalized spacial score (nSPS) is 14.4. The molecule has 1 aliphatic rings. The van der Waals surface area contributed by atoms with Crippen molar-refractivity contribution in [3.05, 3.63) is 47.5 Å². The molecule has 0 amide bonds. The van der Waals surface area contributed by atoms with E-state index >= 15 is 0 Å². The Morgan fingerprint density at radius 2 is 1.83 bits per heavy atom. The average molecular weight is 524 g/mol. The predicted octanol–water partition coefficient (Wildman–Crippen LogP) is 4.09. The second kappa shape index (κ2) is 12.3. The second-order valence-electron chi connectivity index (χ2n) is 7.95. The highest BCUT2D eigenvalue weighted by Crippen LogP contribution is 2.30. The summed E-state index contributed by atoms with van der Waals surface area (Å²) in [7, 11) is 1.83. The van der Waals surface area contributed by atoms with Gasteiger partial charge in [0.15, 0.2) is 5.96 Å². The summed E-state index contributed by atoms with van der Waals surface area (Å²) < 4.78 is 2.32. The fraction of sp³-hybridized carbons (Fsp3) is 0.609. The van der Waals surface area contributed by atoms with Crippen molar-refractivity contribution in [3.63, 3.8) is 0 Å². The van der Waals surface area contributed by atoms with E-state index < -0.39 is 0 Å². The first kappa shape index (κ1) is 24.6. The lowest BCUT2D eigenvalue weighted by atomic mass is 9.76. The third-order valence-electron chi connectivity index (χ3n) is 6.38. The highest BCUT2D eigenvalue weighted by atomic mass is 127. The number of aryl methyl sites for hydroxylation is 1. The van der Waals surface area contributed by atoms with E-state index in [1.165, 1.54) is 24.8 Å². The number of aromatic nitrogens is 3. The third kappa shape index (κ3) is 5.95. The smallest absolute Gasteiger partial charge is 0.191 e. The zero-order chi connectivity index (χ0) is 20.5. The van der Waals surface area contributed by atoms with E-state index in [9.17, 15) is 0 Å². The average Bonchev–Trinajstić information content (AvgIpc) is 3.00. The molecule has 1 aromatic carbocycles. The number of halogens is 1. The van der Waals surface area contributed by atoms with Crippen molar-refractivity contribution >= 4 is 29.9 Å². The van der Waals surface area contributed by atoms with Crippen LogP contribution in [0.4, 0.5) is 0 Å². The van der Waals surface area contributed by atoms with Gasteiger partial charge < -0.3 is 15.2 Å². The van der Waals surface area contributed by atoms with E-state index in [1.807, 2.05) is 7.05 Å². The van der Waals surface area contributed by atoms with Crippen molar-refractivity contribution in [3.8, 4) is 0 Å². The molecule has 2 heterocycles. The van der Waals surface area contributed by atoms with Crippen LogP contribution in [-0.2, 0) is 24.8 Å². The Kier molecular flexibility index (Phi) is 10.1. The summed E-state index contributed by atoms with van der Waals surface area (Å²) in [5.41, 5.74) is 1.50. The van der Waals surface area contributed by atoms with E-state index in [4.69, 9.17) is 0 Å². The largest absolute Gasteiger partial charge is 0.356 e. The van der Waals surface area contributed by atoms with E-state index in [0.29, 0.717) is 0 Å². The molecule has 6 nitrogen and oxygen atoms in total. The van der Waals surface area contributed by atoms with Crippen molar-refractivity contribution in [2.24, 2.45) is 4.99 Å². The fourth-order valence-corrected chi connectivity index (χ4v) is 4.30. The summed E-state index contributed by atoms with van der Waals surface area (Å²) in [4.78, 5) is 4.43. The van der Waals surface area contributed by atoms with Gasteiger partial charge in [-0.25, -0.2) is 0 Å². The Morgan fingerprint density at radius 1 is 1.07 bits per heavy atom. The molecule has 0 radical (unpaired) electrons. The van der Waals surface area contributed by atoms with Crippen molar-refractivity contribution < 1.29 is 0 Å². The minimum absolute atomic E-state index is 0. The Bertz CT molecular complexity index is 782. The van der Waals surface area contributed by atoms with Crippen LogP contribution in [0.2, 0.25) is 0 Å². The van der Waals surface area contributed by atoms with Gasteiger partial charge in [0.25, 0.3) is 0 Å². The summed E-state index contributed by atoms with van der Waals surface area (Å²) >= 11 is 0. The van der Waals surface area contributed by atoms with Crippen LogP contribution in [0.3, 0.4) is 0 Å². The zero-order valence-corrected chi connectivity index (χ0v) is 21.0. The van der Waals surface area contributed by atoms with Gasteiger partial charge in [0.05, 0.1) is 0 Å². The number of hydrogen-bond donors (Lipinski definition) is 2. The first-order valence-corrected chi connectivity index (χ1v) is 11.1. The number of rotatable bonds is 8. The molecule has 0 fully saturated rings. The van der Waals surface area contributed by atoms with Gasteiger partial charge in [0.1, 0.15) is 11.6 Å².